The maximum atomic E-state index is 12.0. The average molecular weight is 306 g/mol. The van der Waals surface area contributed by atoms with Gasteiger partial charge in [0.05, 0.1) is 7.11 Å². The van der Waals surface area contributed by atoms with E-state index in [4.69, 9.17) is 4.74 Å². The normalized spacial score (nSPS) is 12.6. The highest BCUT2D eigenvalue weighted by molar-refractivity contribution is 9.09. The number of hydrogen-bond acceptors (Lipinski definition) is 3. The first-order valence-electron chi connectivity index (χ1n) is 5.08. The lowest BCUT2D eigenvalue weighted by molar-refractivity contribution is 0.0933. The van der Waals surface area contributed by atoms with E-state index in [1.807, 2.05) is 5.38 Å². The van der Waals surface area contributed by atoms with Gasteiger partial charge in [0.25, 0.3) is 5.91 Å². The standard InChI is InChI=1S/C11H16BrNO2S/c1-7(2)8(6-12)13-11(14)10-9(15-3)4-5-16-10/h4-5,7-8H,6H2,1-3H3,(H,13,14). The molecular formula is C11H16BrNO2S. The van der Waals surface area contributed by atoms with Gasteiger partial charge in [-0.3, -0.25) is 4.79 Å². The molecule has 0 saturated carbocycles. The SMILES string of the molecule is COc1ccsc1C(=O)NC(CBr)C(C)C. The lowest BCUT2D eigenvalue weighted by Crippen LogP contribution is -2.39. The van der Waals surface area contributed by atoms with Crippen LogP contribution in [0.5, 0.6) is 5.75 Å². The van der Waals surface area contributed by atoms with Crippen molar-refractivity contribution >= 4 is 33.2 Å². The fraction of sp³-hybridized carbons (Fsp3) is 0.545. The van der Waals surface area contributed by atoms with Gasteiger partial charge < -0.3 is 10.1 Å². The molecule has 1 N–H and O–H groups in total. The molecule has 0 aliphatic rings. The van der Waals surface area contributed by atoms with Gasteiger partial charge in [-0.1, -0.05) is 29.8 Å². The van der Waals surface area contributed by atoms with E-state index < -0.39 is 0 Å². The van der Waals surface area contributed by atoms with E-state index >= 15 is 0 Å². The Balaban J connectivity index is 2.71. The van der Waals surface area contributed by atoms with Gasteiger partial charge >= 0.3 is 0 Å². The van der Waals surface area contributed by atoms with Crippen molar-refractivity contribution in [1.82, 2.24) is 5.32 Å². The second-order valence-electron chi connectivity index (χ2n) is 3.80. The third kappa shape index (κ3) is 3.22. The monoisotopic (exact) mass is 305 g/mol. The zero-order valence-corrected chi connectivity index (χ0v) is 12.0. The van der Waals surface area contributed by atoms with Crippen LogP contribution in [-0.4, -0.2) is 24.4 Å². The second kappa shape index (κ2) is 6.25. The van der Waals surface area contributed by atoms with Gasteiger partial charge in [0, 0.05) is 11.4 Å². The molecule has 5 heteroatoms. The third-order valence-electron chi connectivity index (χ3n) is 2.34. The Labute approximate surface area is 108 Å². The summed E-state index contributed by atoms with van der Waals surface area (Å²) < 4.78 is 5.12. The van der Waals surface area contributed by atoms with Crippen molar-refractivity contribution in [2.45, 2.75) is 19.9 Å². The van der Waals surface area contributed by atoms with Gasteiger partial charge in [-0.2, -0.15) is 0 Å². The van der Waals surface area contributed by atoms with E-state index in [9.17, 15) is 4.79 Å². The summed E-state index contributed by atoms with van der Waals surface area (Å²) >= 11 is 4.80. The molecule has 1 heterocycles. The lowest BCUT2D eigenvalue weighted by atomic mass is 10.1. The summed E-state index contributed by atoms with van der Waals surface area (Å²) in [7, 11) is 1.57. The topological polar surface area (TPSA) is 38.3 Å². The molecule has 3 nitrogen and oxygen atoms in total. The Morgan fingerprint density at radius 2 is 2.31 bits per heavy atom. The number of thiophene rings is 1. The Morgan fingerprint density at radius 3 is 2.81 bits per heavy atom. The summed E-state index contributed by atoms with van der Waals surface area (Å²) in [5.74, 6) is 0.971. The Hall–Kier alpha value is -0.550. The molecule has 1 rings (SSSR count). The Kier molecular flexibility index (Phi) is 5.28. The number of halogens is 1. The van der Waals surface area contributed by atoms with Crippen molar-refractivity contribution in [2.75, 3.05) is 12.4 Å². The molecule has 90 valence electrons. The molecule has 0 aliphatic carbocycles. The van der Waals surface area contributed by atoms with E-state index in [1.165, 1.54) is 11.3 Å². The van der Waals surface area contributed by atoms with Crippen LogP contribution in [-0.2, 0) is 0 Å². The number of nitrogens with one attached hydrogen (secondary N) is 1. The van der Waals surface area contributed by atoms with Crippen LogP contribution >= 0.6 is 27.3 Å². The summed E-state index contributed by atoms with van der Waals surface area (Å²) in [5.41, 5.74) is 0. The molecule has 0 radical (unpaired) electrons. The van der Waals surface area contributed by atoms with Crippen LogP contribution in [0.15, 0.2) is 11.4 Å². The highest BCUT2D eigenvalue weighted by Crippen LogP contribution is 2.24. The van der Waals surface area contributed by atoms with Gasteiger partial charge in [0.1, 0.15) is 10.6 Å². The lowest BCUT2D eigenvalue weighted by Gasteiger charge is -2.19. The number of methoxy groups -OCH3 is 1. The molecule has 0 fully saturated rings. The second-order valence-corrected chi connectivity index (χ2v) is 5.36. The number of carbonyl (C=O) groups is 1. The zero-order valence-electron chi connectivity index (χ0n) is 9.62. The number of rotatable bonds is 5. The summed E-state index contributed by atoms with van der Waals surface area (Å²) in [6.45, 7) is 4.16. The maximum Gasteiger partial charge on any atom is 0.265 e. The van der Waals surface area contributed by atoms with Crippen LogP contribution in [0.25, 0.3) is 0 Å². The van der Waals surface area contributed by atoms with Crippen molar-refractivity contribution < 1.29 is 9.53 Å². The minimum absolute atomic E-state index is 0.0648. The molecule has 1 aromatic rings. The molecule has 0 bridgehead atoms. The predicted octanol–water partition coefficient (Wildman–Crippen LogP) is 2.91. The summed E-state index contributed by atoms with van der Waals surface area (Å²) in [5, 5.41) is 5.60. The summed E-state index contributed by atoms with van der Waals surface area (Å²) in [6.07, 6.45) is 0. The minimum Gasteiger partial charge on any atom is -0.495 e. The third-order valence-corrected chi connectivity index (χ3v) is 3.93. The molecule has 0 aromatic carbocycles. The summed E-state index contributed by atoms with van der Waals surface area (Å²) in [6, 6.07) is 1.94. The molecule has 1 amide bonds. The number of amides is 1. The molecule has 1 atom stereocenters. The zero-order chi connectivity index (χ0) is 12.1. The fourth-order valence-corrected chi connectivity index (χ4v) is 2.91. The van der Waals surface area contributed by atoms with Crippen LogP contribution < -0.4 is 10.1 Å². The molecule has 0 aliphatic heterocycles. The quantitative estimate of drug-likeness (QED) is 0.850. The highest BCUT2D eigenvalue weighted by atomic mass is 79.9. The Bertz CT molecular complexity index is 352. The van der Waals surface area contributed by atoms with Gasteiger partial charge in [0.2, 0.25) is 0 Å². The van der Waals surface area contributed by atoms with Crippen LogP contribution in [0, 0.1) is 5.92 Å². The van der Waals surface area contributed by atoms with Crippen molar-refractivity contribution in [2.24, 2.45) is 5.92 Å². The van der Waals surface area contributed by atoms with Crippen molar-refractivity contribution in [3.8, 4) is 5.75 Å². The van der Waals surface area contributed by atoms with E-state index in [2.05, 4.69) is 35.1 Å². The molecule has 0 saturated heterocycles. The fourth-order valence-electron chi connectivity index (χ4n) is 1.24. The van der Waals surface area contributed by atoms with Crippen molar-refractivity contribution in [3.63, 3.8) is 0 Å². The molecule has 1 aromatic heterocycles. The molecule has 16 heavy (non-hydrogen) atoms. The maximum absolute atomic E-state index is 12.0. The van der Waals surface area contributed by atoms with Gasteiger partial charge in [-0.05, 0) is 17.4 Å². The van der Waals surface area contributed by atoms with Crippen LogP contribution in [0.3, 0.4) is 0 Å². The average Bonchev–Trinajstić information content (AvgIpc) is 2.72. The molecular weight excluding hydrogens is 290 g/mol. The van der Waals surface area contributed by atoms with Crippen LogP contribution in [0.4, 0.5) is 0 Å². The minimum atomic E-state index is -0.0648. The van der Waals surface area contributed by atoms with Gasteiger partial charge in [-0.25, -0.2) is 0 Å². The highest BCUT2D eigenvalue weighted by Gasteiger charge is 2.19. The number of ether oxygens (including phenoxy) is 1. The largest absolute Gasteiger partial charge is 0.495 e. The van der Waals surface area contributed by atoms with Gasteiger partial charge in [0.15, 0.2) is 0 Å². The van der Waals surface area contributed by atoms with Gasteiger partial charge in [-0.15, -0.1) is 11.3 Å². The van der Waals surface area contributed by atoms with E-state index in [1.54, 1.807) is 13.2 Å². The first-order chi connectivity index (χ1) is 7.60. The van der Waals surface area contributed by atoms with Crippen molar-refractivity contribution in [3.05, 3.63) is 16.3 Å². The van der Waals surface area contributed by atoms with Crippen LogP contribution in [0.1, 0.15) is 23.5 Å². The first kappa shape index (κ1) is 13.5. The van der Waals surface area contributed by atoms with Crippen molar-refractivity contribution in [1.29, 1.82) is 0 Å². The Morgan fingerprint density at radius 1 is 1.62 bits per heavy atom. The predicted molar refractivity (Wildman–Crippen MR) is 70.8 cm³/mol. The molecule has 0 spiro atoms. The number of carbonyl (C=O) groups excluding carboxylic acids is 1. The summed E-state index contributed by atoms with van der Waals surface area (Å²) in [4.78, 5) is 12.6. The van der Waals surface area contributed by atoms with E-state index in [0.29, 0.717) is 16.5 Å². The number of alkyl halides is 1. The molecule has 1 unspecified atom stereocenters. The first-order valence-corrected chi connectivity index (χ1v) is 7.08. The van der Waals surface area contributed by atoms with Crippen LogP contribution in [0.2, 0.25) is 0 Å². The number of hydrogen-bond donors (Lipinski definition) is 1. The van der Waals surface area contributed by atoms with E-state index in [-0.39, 0.29) is 11.9 Å². The van der Waals surface area contributed by atoms with E-state index in [0.717, 1.165) is 5.33 Å². The smallest absolute Gasteiger partial charge is 0.265 e.